The lowest BCUT2D eigenvalue weighted by atomic mass is 10.0. The molecule has 1 atom stereocenters. The van der Waals surface area contributed by atoms with Crippen molar-refractivity contribution in [3.63, 3.8) is 0 Å². The molecule has 0 unspecified atom stereocenters. The summed E-state index contributed by atoms with van der Waals surface area (Å²) in [6, 6.07) is 9.83. The average Bonchev–Trinajstić information content (AvgIpc) is 3.14. The highest BCUT2D eigenvalue weighted by Crippen LogP contribution is 2.35. The minimum Gasteiger partial charge on any atom is -0.462 e. The second-order valence-electron chi connectivity index (χ2n) is 11.1. The van der Waals surface area contributed by atoms with Gasteiger partial charge < -0.3 is 24.8 Å². The van der Waals surface area contributed by atoms with E-state index in [9.17, 15) is 14.4 Å². The molecule has 38 heavy (non-hydrogen) atoms. The Bertz CT molecular complexity index is 1100. The Morgan fingerprint density at radius 1 is 1.03 bits per heavy atom. The maximum Gasteiger partial charge on any atom is 0.348 e. The number of hydrogen-bond donors (Lipinski definition) is 2. The molecule has 0 aliphatic carbocycles. The molecule has 2 rings (SSSR count). The van der Waals surface area contributed by atoms with E-state index in [-0.39, 0.29) is 18.3 Å². The molecule has 0 spiro atoms. The van der Waals surface area contributed by atoms with Gasteiger partial charge in [-0.1, -0.05) is 44.2 Å². The van der Waals surface area contributed by atoms with Crippen LogP contribution < -0.4 is 10.6 Å². The van der Waals surface area contributed by atoms with Crippen molar-refractivity contribution in [1.82, 2.24) is 5.32 Å². The SMILES string of the molecule is CCOC(=O)c1sc(NC[C@@H](OCC(C)C)c2ccccc2)c(C(=O)NC(C)(C)C(=O)OC(C)(C)C)c1C. The van der Waals surface area contributed by atoms with E-state index >= 15 is 0 Å². The van der Waals surface area contributed by atoms with Gasteiger partial charge in [-0.15, -0.1) is 11.3 Å². The van der Waals surface area contributed by atoms with Crippen LogP contribution >= 0.6 is 11.3 Å². The van der Waals surface area contributed by atoms with Crippen molar-refractivity contribution in [1.29, 1.82) is 0 Å². The van der Waals surface area contributed by atoms with E-state index < -0.39 is 29.0 Å². The van der Waals surface area contributed by atoms with Gasteiger partial charge in [0.25, 0.3) is 5.91 Å². The average molecular weight is 547 g/mol. The number of benzene rings is 1. The Kier molecular flexibility index (Phi) is 10.9. The zero-order valence-electron chi connectivity index (χ0n) is 24.0. The smallest absolute Gasteiger partial charge is 0.348 e. The summed E-state index contributed by atoms with van der Waals surface area (Å²) in [4.78, 5) is 39.3. The second-order valence-corrected chi connectivity index (χ2v) is 12.1. The third-order valence-electron chi connectivity index (χ3n) is 5.42. The number of amides is 1. The highest BCUT2D eigenvalue weighted by molar-refractivity contribution is 7.18. The fourth-order valence-corrected chi connectivity index (χ4v) is 4.65. The van der Waals surface area contributed by atoms with Gasteiger partial charge in [0.15, 0.2) is 0 Å². The van der Waals surface area contributed by atoms with Gasteiger partial charge >= 0.3 is 11.9 Å². The van der Waals surface area contributed by atoms with Crippen molar-refractivity contribution in [3.8, 4) is 0 Å². The number of rotatable bonds is 12. The fraction of sp³-hybridized carbons (Fsp3) is 0.552. The number of carbonyl (C=O) groups excluding carboxylic acids is 3. The van der Waals surface area contributed by atoms with E-state index in [1.165, 1.54) is 0 Å². The zero-order valence-corrected chi connectivity index (χ0v) is 24.8. The first-order valence-corrected chi connectivity index (χ1v) is 13.7. The lowest BCUT2D eigenvalue weighted by Crippen LogP contribution is -2.52. The first kappa shape index (κ1) is 31.3. The Hall–Kier alpha value is -2.91. The summed E-state index contributed by atoms with van der Waals surface area (Å²) in [6.45, 7) is 17.2. The van der Waals surface area contributed by atoms with Crippen LogP contribution in [-0.2, 0) is 19.0 Å². The van der Waals surface area contributed by atoms with Crippen molar-refractivity contribution >= 4 is 34.2 Å². The molecule has 0 radical (unpaired) electrons. The minimum atomic E-state index is -1.30. The van der Waals surface area contributed by atoms with Gasteiger partial charge in [0.2, 0.25) is 0 Å². The summed E-state index contributed by atoms with van der Waals surface area (Å²) in [5.41, 5.74) is -0.244. The van der Waals surface area contributed by atoms with Crippen LogP contribution in [0.25, 0.3) is 0 Å². The lowest BCUT2D eigenvalue weighted by Gasteiger charge is -2.29. The molecule has 2 N–H and O–H groups in total. The van der Waals surface area contributed by atoms with Crippen LogP contribution in [0, 0.1) is 12.8 Å². The number of esters is 2. The standard InChI is InChI=1S/C29H42N2O6S/c1-10-35-26(33)23-19(4)22(24(32)31-29(8,9)27(34)37-28(5,6)7)25(38-23)30-16-21(36-17-18(2)3)20-14-12-11-13-15-20/h11-15,18,21,30H,10,16-17H2,1-9H3,(H,31,32)/t21-/m1/s1. The largest absolute Gasteiger partial charge is 0.462 e. The normalized spacial score (nSPS) is 12.7. The number of hydrogen-bond acceptors (Lipinski definition) is 8. The summed E-state index contributed by atoms with van der Waals surface area (Å²) < 4.78 is 16.9. The highest BCUT2D eigenvalue weighted by Gasteiger charge is 2.36. The van der Waals surface area contributed by atoms with Gasteiger partial charge in [0.1, 0.15) is 21.0 Å². The number of anilines is 1. The van der Waals surface area contributed by atoms with E-state index in [1.54, 1.807) is 48.5 Å². The van der Waals surface area contributed by atoms with Crippen LogP contribution in [0.4, 0.5) is 5.00 Å². The zero-order chi connectivity index (χ0) is 28.7. The van der Waals surface area contributed by atoms with Gasteiger partial charge in [-0.25, -0.2) is 9.59 Å². The molecule has 0 saturated carbocycles. The summed E-state index contributed by atoms with van der Waals surface area (Å²) in [7, 11) is 0. The third kappa shape index (κ3) is 8.84. The van der Waals surface area contributed by atoms with Crippen LogP contribution in [-0.4, -0.2) is 48.7 Å². The van der Waals surface area contributed by atoms with E-state index in [0.29, 0.717) is 34.5 Å². The van der Waals surface area contributed by atoms with Crippen LogP contribution in [0.15, 0.2) is 30.3 Å². The predicted octanol–water partition coefficient (Wildman–Crippen LogP) is 5.91. The predicted molar refractivity (Wildman–Crippen MR) is 151 cm³/mol. The number of thiophene rings is 1. The van der Waals surface area contributed by atoms with Crippen LogP contribution in [0.2, 0.25) is 0 Å². The Labute approximate surface area is 230 Å². The molecule has 0 aliphatic rings. The molecule has 1 heterocycles. The van der Waals surface area contributed by atoms with Gasteiger partial charge in [0, 0.05) is 13.2 Å². The molecule has 0 fully saturated rings. The Balaban J connectivity index is 2.39. The summed E-state index contributed by atoms with van der Waals surface area (Å²) in [5, 5.41) is 6.62. The summed E-state index contributed by atoms with van der Waals surface area (Å²) in [5.74, 6) is -1.21. The van der Waals surface area contributed by atoms with Gasteiger partial charge in [-0.05, 0) is 65.5 Å². The molecule has 0 aliphatic heterocycles. The molecule has 210 valence electrons. The number of carbonyl (C=O) groups is 3. The Morgan fingerprint density at radius 3 is 2.21 bits per heavy atom. The molecule has 0 bridgehead atoms. The number of nitrogens with one attached hydrogen (secondary N) is 2. The molecule has 1 aromatic heterocycles. The first-order chi connectivity index (χ1) is 17.7. The Morgan fingerprint density at radius 2 is 1.66 bits per heavy atom. The van der Waals surface area contributed by atoms with Crippen molar-refractivity contribution in [2.75, 3.05) is 25.1 Å². The second kappa shape index (κ2) is 13.2. The first-order valence-electron chi connectivity index (χ1n) is 12.9. The molecule has 8 nitrogen and oxygen atoms in total. The van der Waals surface area contributed by atoms with Crippen molar-refractivity contribution in [3.05, 3.63) is 51.9 Å². The van der Waals surface area contributed by atoms with Crippen molar-refractivity contribution in [2.45, 2.75) is 79.6 Å². The molecular weight excluding hydrogens is 504 g/mol. The lowest BCUT2D eigenvalue weighted by molar-refractivity contribution is -0.161. The van der Waals surface area contributed by atoms with E-state index in [4.69, 9.17) is 14.2 Å². The van der Waals surface area contributed by atoms with Gasteiger partial charge in [0.05, 0.1) is 18.3 Å². The van der Waals surface area contributed by atoms with E-state index in [1.807, 2.05) is 30.3 Å². The van der Waals surface area contributed by atoms with E-state index in [0.717, 1.165) is 16.9 Å². The summed E-state index contributed by atoms with van der Waals surface area (Å²) in [6.07, 6.45) is -0.277. The maximum atomic E-state index is 13.6. The molecule has 1 aromatic carbocycles. The monoisotopic (exact) mass is 546 g/mol. The quantitative estimate of drug-likeness (QED) is 0.319. The topological polar surface area (TPSA) is 103 Å². The molecule has 2 aromatic rings. The fourth-order valence-electron chi connectivity index (χ4n) is 3.54. The van der Waals surface area contributed by atoms with E-state index in [2.05, 4.69) is 24.5 Å². The number of ether oxygens (including phenoxy) is 3. The van der Waals surface area contributed by atoms with Crippen molar-refractivity contribution < 1.29 is 28.6 Å². The highest BCUT2D eigenvalue weighted by atomic mass is 32.1. The third-order valence-corrected chi connectivity index (χ3v) is 6.65. The van der Waals surface area contributed by atoms with Gasteiger partial charge in [-0.2, -0.15) is 0 Å². The molecule has 1 amide bonds. The molecular formula is C29H42N2O6S. The summed E-state index contributed by atoms with van der Waals surface area (Å²) >= 11 is 1.15. The van der Waals surface area contributed by atoms with Crippen LogP contribution in [0.5, 0.6) is 0 Å². The minimum absolute atomic E-state index is 0.214. The van der Waals surface area contributed by atoms with Crippen LogP contribution in [0.1, 0.15) is 92.7 Å². The maximum absolute atomic E-state index is 13.6. The molecule has 0 saturated heterocycles. The van der Waals surface area contributed by atoms with Crippen molar-refractivity contribution in [2.24, 2.45) is 5.92 Å². The van der Waals surface area contributed by atoms with Crippen LogP contribution in [0.3, 0.4) is 0 Å². The molecule has 9 heteroatoms. The van der Waals surface area contributed by atoms with Gasteiger partial charge in [-0.3, -0.25) is 4.79 Å².